The largest absolute Gasteiger partial charge is 0.489 e. The topological polar surface area (TPSA) is 48.7 Å². The molecular weight excluding hydrogens is 376 g/mol. The van der Waals surface area contributed by atoms with E-state index in [-0.39, 0.29) is 11.2 Å². The minimum atomic E-state index is -0.223. The van der Waals surface area contributed by atoms with E-state index >= 15 is 0 Å². The van der Waals surface area contributed by atoms with E-state index in [1.807, 2.05) is 72.8 Å². The lowest BCUT2D eigenvalue weighted by molar-refractivity contribution is 0.306. The lowest BCUT2D eigenvalue weighted by Gasteiger charge is -2.09. The average molecular weight is 394 g/mol. The highest BCUT2D eigenvalue weighted by Crippen LogP contribution is 2.26. The zero-order valence-electron chi connectivity index (χ0n) is 16.1. The quantitative estimate of drug-likeness (QED) is 0.350. The Hall–Kier alpha value is -4.05. The molecule has 5 rings (SSSR count). The second-order valence-corrected chi connectivity index (χ2v) is 6.97. The van der Waals surface area contributed by atoms with Crippen LogP contribution in [-0.4, -0.2) is 0 Å². The van der Waals surface area contributed by atoms with Crippen molar-refractivity contribution in [3.63, 3.8) is 0 Å². The Labute approximate surface area is 172 Å². The van der Waals surface area contributed by atoms with Crippen molar-refractivity contribution >= 4 is 21.7 Å². The van der Waals surface area contributed by atoms with Crippen LogP contribution in [0, 0.1) is 0 Å². The molecule has 146 valence electrons. The smallest absolute Gasteiger partial charge is 0.235 e. The molecule has 4 aromatic carbocycles. The highest BCUT2D eigenvalue weighted by atomic mass is 16.5. The Balaban J connectivity index is 1.40. The molecule has 0 aliphatic carbocycles. The van der Waals surface area contributed by atoms with Gasteiger partial charge < -0.3 is 13.9 Å². The molecule has 0 saturated heterocycles. The molecule has 0 aliphatic rings. The van der Waals surface area contributed by atoms with Gasteiger partial charge in [0.25, 0.3) is 0 Å². The molecule has 0 saturated carbocycles. The number of fused-ring (bicyclic) bond motifs is 2. The van der Waals surface area contributed by atoms with Gasteiger partial charge in [-0.15, -0.1) is 0 Å². The highest BCUT2D eigenvalue weighted by Gasteiger charge is 2.11. The first kappa shape index (κ1) is 18.0. The second kappa shape index (κ2) is 7.76. The monoisotopic (exact) mass is 394 g/mol. The van der Waals surface area contributed by atoms with Crippen LogP contribution in [0.25, 0.3) is 21.7 Å². The van der Waals surface area contributed by atoms with Gasteiger partial charge in [-0.05, 0) is 40.6 Å². The van der Waals surface area contributed by atoms with Gasteiger partial charge in [-0.2, -0.15) is 0 Å². The van der Waals surface area contributed by atoms with Crippen LogP contribution >= 0.6 is 0 Å². The van der Waals surface area contributed by atoms with Crippen LogP contribution in [0.5, 0.6) is 17.2 Å². The lowest BCUT2D eigenvalue weighted by Crippen LogP contribution is -2.05. The van der Waals surface area contributed by atoms with Gasteiger partial charge in [0.15, 0.2) is 0 Å². The van der Waals surface area contributed by atoms with Crippen LogP contribution < -0.4 is 14.9 Å². The summed E-state index contributed by atoms with van der Waals surface area (Å²) < 4.78 is 17.3. The number of hydrogen-bond donors (Lipinski definition) is 0. The highest BCUT2D eigenvalue weighted by molar-refractivity contribution is 5.84. The van der Waals surface area contributed by atoms with E-state index in [1.165, 1.54) is 6.26 Å². The van der Waals surface area contributed by atoms with Gasteiger partial charge in [-0.1, -0.05) is 60.7 Å². The fraction of sp³-hybridized carbons (Fsp3) is 0.0385. The Bertz CT molecular complexity index is 1390. The maximum absolute atomic E-state index is 12.9. The zero-order valence-corrected chi connectivity index (χ0v) is 16.1. The van der Waals surface area contributed by atoms with Gasteiger partial charge in [-0.3, -0.25) is 4.79 Å². The minimum Gasteiger partial charge on any atom is -0.489 e. The third-order valence-electron chi connectivity index (χ3n) is 4.91. The maximum Gasteiger partial charge on any atom is 0.235 e. The molecule has 0 radical (unpaired) electrons. The summed E-state index contributed by atoms with van der Waals surface area (Å²) in [5, 5.41) is 2.60. The van der Waals surface area contributed by atoms with Crippen LogP contribution in [-0.2, 0) is 6.61 Å². The molecular formula is C26H18O4. The van der Waals surface area contributed by atoms with Crippen LogP contribution in [0.15, 0.2) is 106 Å². The number of rotatable bonds is 5. The van der Waals surface area contributed by atoms with Gasteiger partial charge in [0.2, 0.25) is 11.2 Å². The second-order valence-electron chi connectivity index (χ2n) is 6.97. The van der Waals surface area contributed by atoms with E-state index in [0.29, 0.717) is 29.1 Å². The number of hydrogen-bond acceptors (Lipinski definition) is 4. The fourth-order valence-corrected chi connectivity index (χ4v) is 3.35. The summed E-state index contributed by atoms with van der Waals surface area (Å²) in [6.45, 7) is 0.444. The average Bonchev–Trinajstić information content (AvgIpc) is 2.80. The number of benzene rings is 4. The molecule has 0 atom stereocenters. The predicted molar refractivity (Wildman–Crippen MR) is 117 cm³/mol. The standard InChI is InChI=1S/C26H18O4/c27-26-23-13-12-21(28-16-18-6-2-1-3-7-18)15-24(23)29-17-25(26)30-22-11-10-19-8-4-5-9-20(19)14-22/h1-15,17H,16H2. The van der Waals surface area contributed by atoms with Gasteiger partial charge in [0.1, 0.15) is 30.0 Å². The Morgan fingerprint density at radius 2 is 1.50 bits per heavy atom. The Morgan fingerprint density at radius 1 is 0.733 bits per heavy atom. The summed E-state index contributed by atoms with van der Waals surface area (Å²) in [4.78, 5) is 12.9. The summed E-state index contributed by atoms with van der Waals surface area (Å²) in [5.74, 6) is 1.37. The van der Waals surface area contributed by atoms with Gasteiger partial charge in [0.05, 0.1) is 5.39 Å². The van der Waals surface area contributed by atoms with Crippen LogP contribution in [0.3, 0.4) is 0 Å². The Morgan fingerprint density at radius 3 is 2.37 bits per heavy atom. The van der Waals surface area contributed by atoms with Crippen LogP contribution in [0.4, 0.5) is 0 Å². The molecule has 0 bridgehead atoms. The van der Waals surface area contributed by atoms with E-state index in [4.69, 9.17) is 13.9 Å². The van der Waals surface area contributed by atoms with Crippen LogP contribution in [0.1, 0.15) is 5.56 Å². The van der Waals surface area contributed by atoms with Crippen molar-refractivity contribution in [2.24, 2.45) is 0 Å². The first-order valence-corrected chi connectivity index (χ1v) is 9.65. The summed E-state index contributed by atoms with van der Waals surface area (Å²) in [6, 6.07) is 28.8. The zero-order chi connectivity index (χ0) is 20.3. The summed E-state index contributed by atoms with van der Waals surface area (Å²) in [7, 11) is 0. The maximum atomic E-state index is 12.9. The van der Waals surface area contributed by atoms with Crippen molar-refractivity contribution in [3.05, 3.63) is 113 Å². The number of ether oxygens (including phenoxy) is 2. The molecule has 30 heavy (non-hydrogen) atoms. The molecule has 0 N–H and O–H groups in total. The molecule has 0 amide bonds. The predicted octanol–water partition coefficient (Wildman–Crippen LogP) is 6.32. The molecule has 0 fully saturated rings. The molecule has 4 heteroatoms. The van der Waals surface area contributed by atoms with Gasteiger partial charge in [-0.25, -0.2) is 0 Å². The van der Waals surface area contributed by atoms with Gasteiger partial charge in [0, 0.05) is 6.07 Å². The molecule has 0 unspecified atom stereocenters. The third kappa shape index (κ3) is 3.63. The normalized spacial score (nSPS) is 10.9. The van der Waals surface area contributed by atoms with Crippen molar-refractivity contribution in [1.82, 2.24) is 0 Å². The van der Waals surface area contributed by atoms with E-state index < -0.39 is 0 Å². The van der Waals surface area contributed by atoms with Crippen molar-refractivity contribution < 1.29 is 13.9 Å². The van der Waals surface area contributed by atoms with Crippen LogP contribution in [0.2, 0.25) is 0 Å². The molecule has 1 heterocycles. The third-order valence-corrected chi connectivity index (χ3v) is 4.91. The lowest BCUT2D eigenvalue weighted by atomic mass is 10.1. The van der Waals surface area contributed by atoms with E-state index in [2.05, 4.69) is 0 Å². The summed E-state index contributed by atoms with van der Waals surface area (Å²) >= 11 is 0. The van der Waals surface area contributed by atoms with E-state index in [9.17, 15) is 4.79 Å². The SMILES string of the molecule is O=c1c(Oc2ccc3ccccc3c2)coc2cc(OCc3ccccc3)ccc12. The molecule has 5 aromatic rings. The van der Waals surface area contributed by atoms with Crippen molar-refractivity contribution in [2.45, 2.75) is 6.61 Å². The first-order valence-electron chi connectivity index (χ1n) is 9.65. The van der Waals surface area contributed by atoms with Crippen molar-refractivity contribution in [2.75, 3.05) is 0 Å². The fourth-order valence-electron chi connectivity index (χ4n) is 3.35. The molecule has 0 spiro atoms. The molecule has 4 nitrogen and oxygen atoms in total. The minimum absolute atomic E-state index is 0.149. The summed E-state index contributed by atoms with van der Waals surface area (Å²) in [6.07, 6.45) is 1.35. The molecule has 1 aromatic heterocycles. The summed E-state index contributed by atoms with van der Waals surface area (Å²) in [5.41, 5.74) is 1.30. The van der Waals surface area contributed by atoms with E-state index in [0.717, 1.165) is 16.3 Å². The first-order chi connectivity index (χ1) is 14.8. The van der Waals surface area contributed by atoms with Crippen molar-refractivity contribution in [3.8, 4) is 17.2 Å². The van der Waals surface area contributed by atoms with E-state index in [1.54, 1.807) is 18.2 Å². The molecule has 0 aliphatic heterocycles. The van der Waals surface area contributed by atoms with Gasteiger partial charge >= 0.3 is 0 Å². The van der Waals surface area contributed by atoms with Crippen molar-refractivity contribution in [1.29, 1.82) is 0 Å². The Kier molecular flexibility index (Phi) is 4.66.